The minimum atomic E-state index is -0.737. The SMILES string of the molecule is CC[C@H](C)[C@H](NC(=O)/C=C/c1cc(OC)cc(OC)c1)C(=O)N[C@H](C=O)[C@@H](C)CC. The molecule has 2 N–H and O–H groups in total. The van der Waals surface area contributed by atoms with Crippen molar-refractivity contribution in [3.8, 4) is 11.5 Å². The predicted octanol–water partition coefficient (Wildman–Crippen LogP) is 2.98. The Balaban J connectivity index is 2.92. The number of benzene rings is 1. The fourth-order valence-electron chi connectivity index (χ4n) is 2.82. The third-order valence-corrected chi connectivity index (χ3v) is 5.31. The fraction of sp³-hybridized carbons (Fsp3) is 0.522. The number of hydrogen-bond donors (Lipinski definition) is 2. The van der Waals surface area contributed by atoms with Crippen molar-refractivity contribution >= 4 is 24.2 Å². The van der Waals surface area contributed by atoms with Crippen molar-refractivity contribution in [1.29, 1.82) is 0 Å². The largest absolute Gasteiger partial charge is 0.497 e. The molecule has 1 rings (SSSR count). The molecular formula is C23H34N2O5. The van der Waals surface area contributed by atoms with Gasteiger partial charge in [0.2, 0.25) is 11.8 Å². The summed E-state index contributed by atoms with van der Waals surface area (Å²) in [6, 6.07) is 3.96. The molecule has 7 heteroatoms. The normalized spacial score (nSPS) is 15.0. The molecule has 0 aliphatic rings. The molecule has 30 heavy (non-hydrogen) atoms. The van der Waals surface area contributed by atoms with Crippen LogP contribution in [0.2, 0.25) is 0 Å². The Morgan fingerprint density at radius 3 is 2.00 bits per heavy atom. The quantitative estimate of drug-likeness (QED) is 0.402. The highest BCUT2D eigenvalue weighted by Gasteiger charge is 2.28. The van der Waals surface area contributed by atoms with Gasteiger partial charge >= 0.3 is 0 Å². The lowest BCUT2D eigenvalue weighted by atomic mass is 9.96. The van der Waals surface area contributed by atoms with Gasteiger partial charge < -0.3 is 24.9 Å². The van der Waals surface area contributed by atoms with Crippen LogP contribution in [-0.2, 0) is 14.4 Å². The van der Waals surface area contributed by atoms with Crippen molar-refractivity contribution in [3.63, 3.8) is 0 Å². The summed E-state index contributed by atoms with van der Waals surface area (Å²) in [4.78, 5) is 36.6. The van der Waals surface area contributed by atoms with Crippen molar-refractivity contribution in [2.75, 3.05) is 14.2 Å². The standard InChI is InChI=1S/C23H34N2O5/c1-7-15(3)20(14-26)24-23(28)22(16(4)8-2)25-21(27)10-9-17-11-18(29-5)13-19(12-17)30-6/h9-16,20,22H,7-8H2,1-6H3,(H,24,28)(H,25,27)/b10-9+/t15-,16-,20+,22-/m0/s1. The van der Waals surface area contributed by atoms with Crippen LogP contribution in [0.1, 0.15) is 46.1 Å². The second kappa shape index (κ2) is 12.7. The highest BCUT2D eigenvalue weighted by molar-refractivity contribution is 5.96. The van der Waals surface area contributed by atoms with Crippen molar-refractivity contribution < 1.29 is 23.9 Å². The molecule has 2 amide bonds. The van der Waals surface area contributed by atoms with E-state index in [2.05, 4.69) is 10.6 Å². The van der Waals surface area contributed by atoms with Gasteiger partial charge in [-0.2, -0.15) is 0 Å². The zero-order valence-corrected chi connectivity index (χ0v) is 18.7. The van der Waals surface area contributed by atoms with Crippen LogP contribution < -0.4 is 20.1 Å². The van der Waals surface area contributed by atoms with Crippen LogP contribution in [0, 0.1) is 11.8 Å². The first kappa shape index (κ1) is 25.2. The van der Waals surface area contributed by atoms with E-state index in [9.17, 15) is 14.4 Å². The summed E-state index contributed by atoms with van der Waals surface area (Å²) in [5.74, 6) is 0.383. The van der Waals surface area contributed by atoms with Crippen LogP contribution in [0.15, 0.2) is 24.3 Å². The average molecular weight is 419 g/mol. The monoisotopic (exact) mass is 418 g/mol. The van der Waals surface area contributed by atoms with Gasteiger partial charge in [-0.05, 0) is 35.6 Å². The van der Waals surface area contributed by atoms with E-state index in [4.69, 9.17) is 9.47 Å². The van der Waals surface area contributed by atoms with Gasteiger partial charge in [0.25, 0.3) is 0 Å². The second-order valence-electron chi connectivity index (χ2n) is 7.41. The molecule has 0 radical (unpaired) electrons. The molecular weight excluding hydrogens is 384 g/mol. The van der Waals surface area contributed by atoms with E-state index in [1.54, 1.807) is 38.5 Å². The average Bonchev–Trinajstić information content (AvgIpc) is 2.77. The van der Waals surface area contributed by atoms with E-state index in [1.807, 2.05) is 27.7 Å². The van der Waals surface area contributed by atoms with E-state index in [0.717, 1.165) is 18.3 Å². The topological polar surface area (TPSA) is 93.7 Å². The molecule has 1 aromatic carbocycles. The highest BCUT2D eigenvalue weighted by Crippen LogP contribution is 2.23. The number of amides is 2. The van der Waals surface area contributed by atoms with Crippen LogP contribution in [-0.4, -0.2) is 44.4 Å². The molecule has 7 nitrogen and oxygen atoms in total. The van der Waals surface area contributed by atoms with Crippen molar-refractivity contribution in [2.24, 2.45) is 11.8 Å². The lowest BCUT2D eigenvalue weighted by Gasteiger charge is -2.26. The Kier molecular flexibility index (Phi) is 10.6. The molecule has 0 unspecified atom stereocenters. The Bertz CT molecular complexity index is 725. The summed E-state index contributed by atoms with van der Waals surface area (Å²) in [5, 5.41) is 5.53. The lowest BCUT2D eigenvalue weighted by molar-refractivity contribution is -0.130. The summed E-state index contributed by atoms with van der Waals surface area (Å²) in [5.41, 5.74) is 0.726. The van der Waals surface area contributed by atoms with Gasteiger partial charge in [0, 0.05) is 12.1 Å². The zero-order valence-electron chi connectivity index (χ0n) is 18.7. The van der Waals surface area contributed by atoms with Gasteiger partial charge in [0.15, 0.2) is 0 Å². The van der Waals surface area contributed by atoms with Crippen molar-refractivity contribution in [1.82, 2.24) is 10.6 Å². The Morgan fingerprint density at radius 2 is 1.53 bits per heavy atom. The Labute approximate surface area is 179 Å². The summed E-state index contributed by atoms with van der Waals surface area (Å²) in [6.45, 7) is 7.70. The van der Waals surface area contributed by atoms with E-state index in [-0.39, 0.29) is 17.7 Å². The molecule has 0 aliphatic heterocycles. The number of aldehydes is 1. The predicted molar refractivity (Wildman–Crippen MR) is 117 cm³/mol. The summed E-state index contributed by atoms with van der Waals surface area (Å²) < 4.78 is 10.5. The minimum Gasteiger partial charge on any atom is -0.497 e. The first-order chi connectivity index (χ1) is 14.3. The van der Waals surface area contributed by atoms with E-state index < -0.39 is 18.0 Å². The van der Waals surface area contributed by atoms with Crippen LogP contribution in [0.25, 0.3) is 6.08 Å². The van der Waals surface area contributed by atoms with Gasteiger partial charge in [0.1, 0.15) is 23.8 Å². The van der Waals surface area contributed by atoms with Crippen LogP contribution in [0.5, 0.6) is 11.5 Å². The molecule has 1 aromatic rings. The Hall–Kier alpha value is -2.83. The first-order valence-electron chi connectivity index (χ1n) is 10.3. The van der Waals surface area contributed by atoms with E-state index >= 15 is 0 Å². The lowest BCUT2D eigenvalue weighted by Crippen LogP contribution is -2.53. The summed E-state index contributed by atoms with van der Waals surface area (Å²) in [7, 11) is 3.10. The molecule has 0 heterocycles. The number of methoxy groups -OCH3 is 2. The summed E-state index contributed by atoms with van der Waals surface area (Å²) >= 11 is 0. The minimum absolute atomic E-state index is 0.0164. The number of hydrogen-bond acceptors (Lipinski definition) is 5. The van der Waals surface area contributed by atoms with Gasteiger partial charge in [-0.1, -0.05) is 40.5 Å². The molecule has 0 aromatic heterocycles. The third kappa shape index (κ3) is 7.54. The maximum atomic E-state index is 12.8. The maximum Gasteiger partial charge on any atom is 0.244 e. The first-order valence-corrected chi connectivity index (χ1v) is 10.3. The van der Waals surface area contributed by atoms with Crippen molar-refractivity contribution in [3.05, 3.63) is 29.8 Å². The maximum absolute atomic E-state index is 12.8. The molecule has 0 saturated heterocycles. The number of rotatable bonds is 12. The Morgan fingerprint density at radius 1 is 0.967 bits per heavy atom. The third-order valence-electron chi connectivity index (χ3n) is 5.31. The molecule has 4 atom stereocenters. The smallest absolute Gasteiger partial charge is 0.244 e. The molecule has 166 valence electrons. The van der Waals surface area contributed by atoms with Gasteiger partial charge in [-0.3, -0.25) is 9.59 Å². The van der Waals surface area contributed by atoms with Crippen molar-refractivity contribution in [2.45, 2.75) is 52.6 Å². The van der Waals surface area contributed by atoms with Crippen LogP contribution >= 0.6 is 0 Å². The highest BCUT2D eigenvalue weighted by atomic mass is 16.5. The molecule has 0 saturated carbocycles. The molecule has 0 spiro atoms. The second-order valence-corrected chi connectivity index (χ2v) is 7.41. The molecule has 0 aliphatic carbocycles. The number of nitrogens with one attached hydrogen (secondary N) is 2. The fourth-order valence-corrected chi connectivity index (χ4v) is 2.82. The number of carbonyl (C=O) groups excluding carboxylic acids is 3. The summed E-state index contributed by atoms with van der Waals surface area (Å²) in [6.07, 6.45) is 5.20. The van der Waals surface area contributed by atoms with Gasteiger partial charge in [0.05, 0.1) is 20.3 Å². The molecule has 0 bridgehead atoms. The van der Waals surface area contributed by atoms with Crippen LogP contribution in [0.3, 0.4) is 0 Å². The van der Waals surface area contributed by atoms with E-state index in [1.165, 1.54) is 6.08 Å². The van der Waals surface area contributed by atoms with E-state index in [0.29, 0.717) is 17.9 Å². The molecule has 0 fully saturated rings. The number of ether oxygens (including phenoxy) is 2. The van der Waals surface area contributed by atoms with Crippen LogP contribution in [0.4, 0.5) is 0 Å². The zero-order chi connectivity index (χ0) is 22.7. The number of carbonyl (C=O) groups is 3. The van der Waals surface area contributed by atoms with Gasteiger partial charge in [-0.15, -0.1) is 0 Å². The van der Waals surface area contributed by atoms with Gasteiger partial charge in [-0.25, -0.2) is 0 Å².